The summed E-state index contributed by atoms with van der Waals surface area (Å²) in [5.41, 5.74) is 1.87. The Morgan fingerprint density at radius 2 is 1.89 bits per heavy atom. The van der Waals surface area contributed by atoms with Crippen LogP contribution in [0.4, 0.5) is 5.69 Å². The standard InChI is InChI=1S/C15H24N2O2/c1-10(2)8-12(4)16-13(5)14-7-6-11(3)15(9-14)17(18)19/h6-7,9-10,12-13,16H,8H2,1-5H3. The zero-order chi connectivity index (χ0) is 14.6. The van der Waals surface area contributed by atoms with Gasteiger partial charge in [-0.3, -0.25) is 10.1 Å². The summed E-state index contributed by atoms with van der Waals surface area (Å²) >= 11 is 0. The average Bonchev–Trinajstić information content (AvgIpc) is 2.27. The second kappa shape index (κ2) is 6.66. The molecule has 0 aliphatic rings. The fourth-order valence-corrected chi connectivity index (χ4v) is 2.39. The second-order valence-corrected chi connectivity index (χ2v) is 5.72. The highest BCUT2D eigenvalue weighted by molar-refractivity contribution is 5.43. The summed E-state index contributed by atoms with van der Waals surface area (Å²) in [6.45, 7) is 10.4. The highest BCUT2D eigenvalue weighted by Gasteiger charge is 2.16. The number of benzene rings is 1. The number of hydrogen-bond donors (Lipinski definition) is 1. The predicted molar refractivity (Wildman–Crippen MR) is 78.3 cm³/mol. The summed E-state index contributed by atoms with van der Waals surface area (Å²) in [5.74, 6) is 0.641. The van der Waals surface area contributed by atoms with Crippen molar-refractivity contribution in [1.29, 1.82) is 0 Å². The highest BCUT2D eigenvalue weighted by atomic mass is 16.6. The number of nitrogens with one attached hydrogen (secondary N) is 1. The molecule has 1 rings (SSSR count). The minimum absolute atomic E-state index is 0.119. The Labute approximate surface area is 115 Å². The van der Waals surface area contributed by atoms with Gasteiger partial charge in [-0.05, 0) is 38.7 Å². The summed E-state index contributed by atoms with van der Waals surface area (Å²) in [7, 11) is 0. The van der Waals surface area contributed by atoms with Gasteiger partial charge in [-0.1, -0.05) is 26.0 Å². The van der Waals surface area contributed by atoms with Crippen LogP contribution in [0.1, 0.15) is 51.3 Å². The van der Waals surface area contributed by atoms with Crippen LogP contribution in [-0.4, -0.2) is 11.0 Å². The molecule has 1 N–H and O–H groups in total. The van der Waals surface area contributed by atoms with Crippen LogP contribution in [0.2, 0.25) is 0 Å². The van der Waals surface area contributed by atoms with E-state index < -0.39 is 0 Å². The van der Waals surface area contributed by atoms with E-state index in [1.807, 2.05) is 19.1 Å². The summed E-state index contributed by atoms with van der Waals surface area (Å²) in [6, 6.07) is 5.97. The molecule has 19 heavy (non-hydrogen) atoms. The van der Waals surface area contributed by atoms with Gasteiger partial charge in [0.2, 0.25) is 0 Å². The van der Waals surface area contributed by atoms with E-state index in [0.29, 0.717) is 17.5 Å². The zero-order valence-corrected chi connectivity index (χ0v) is 12.4. The van der Waals surface area contributed by atoms with Crippen molar-refractivity contribution < 1.29 is 4.92 Å². The molecule has 4 heteroatoms. The summed E-state index contributed by atoms with van der Waals surface area (Å²) in [6.07, 6.45) is 1.10. The van der Waals surface area contributed by atoms with Gasteiger partial charge >= 0.3 is 0 Å². The minimum Gasteiger partial charge on any atom is -0.308 e. The molecule has 0 saturated carbocycles. The lowest BCUT2D eigenvalue weighted by atomic mass is 10.0. The van der Waals surface area contributed by atoms with Gasteiger partial charge in [0.15, 0.2) is 0 Å². The third-order valence-electron chi connectivity index (χ3n) is 3.29. The van der Waals surface area contributed by atoms with Gasteiger partial charge in [-0.15, -0.1) is 0 Å². The van der Waals surface area contributed by atoms with Gasteiger partial charge in [0.25, 0.3) is 5.69 Å². The fraction of sp³-hybridized carbons (Fsp3) is 0.600. The van der Waals surface area contributed by atoms with Crippen LogP contribution in [0.25, 0.3) is 0 Å². The SMILES string of the molecule is Cc1ccc(C(C)NC(C)CC(C)C)cc1[N+](=O)[O-]. The molecule has 106 valence electrons. The smallest absolute Gasteiger partial charge is 0.272 e. The molecular weight excluding hydrogens is 240 g/mol. The third kappa shape index (κ3) is 4.63. The van der Waals surface area contributed by atoms with E-state index in [1.54, 1.807) is 13.0 Å². The number of nitrogens with zero attached hydrogens (tertiary/aromatic N) is 1. The lowest BCUT2D eigenvalue weighted by Gasteiger charge is -2.21. The molecule has 1 aromatic rings. The molecule has 2 unspecified atom stereocenters. The van der Waals surface area contributed by atoms with Gasteiger partial charge in [0, 0.05) is 23.7 Å². The zero-order valence-electron chi connectivity index (χ0n) is 12.4. The first-order chi connectivity index (χ1) is 8.81. The van der Waals surface area contributed by atoms with Gasteiger partial charge in [-0.2, -0.15) is 0 Å². The molecule has 0 spiro atoms. The maximum absolute atomic E-state index is 10.9. The van der Waals surface area contributed by atoms with Crippen molar-refractivity contribution in [2.45, 2.75) is 53.1 Å². The van der Waals surface area contributed by atoms with Crippen molar-refractivity contribution in [3.63, 3.8) is 0 Å². The first-order valence-electron chi connectivity index (χ1n) is 6.82. The minimum atomic E-state index is -0.316. The maximum atomic E-state index is 10.9. The Kier molecular flexibility index (Phi) is 5.48. The molecule has 0 aliphatic heterocycles. The monoisotopic (exact) mass is 264 g/mol. The van der Waals surface area contributed by atoms with Crippen molar-refractivity contribution in [3.05, 3.63) is 39.4 Å². The van der Waals surface area contributed by atoms with Crippen LogP contribution >= 0.6 is 0 Å². The summed E-state index contributed by atoms with van der Waals surface area (Å²) in [5, 5.41) is 14.4. The molecule has 0 saturated heterocycles. The van der Waals surface area contributed by atoms with E-state index in [0.717, 1.165) is 12.0 Å². The van der Waals surface area contributed by atoms with Crippen molar-refractivity contribution in [2.24, 2.45) is 5.92 Å². The van der Waals surface area contributed by atoms with E-state index in [1.165, 1.54) is 0 Å². The van der Waals surface area contributed by atoms with Crippen molar-refractivity contribution >= 4 is 5.69 Å². The van der Waals surface area contributed by atoms with E-state index in [2.05, 4.69) is 26.1 Å². The molecule has 0 aromatic heterocycles. The van der Waals surface area contributed by atoms with Gasteiger partial charge in [0.05, 0.1) is 4.92 Å². The molecule has 0 fully saturated rings. The van der Waals surface area contributed by atoms with Crippen LogP contribution in [0.3, 0.4) is 0 Å². The van der Waals surface area contributed by atoms with Crippen LogP contribution in [0.5, 0.6) is 0 Å². The number of hydrogen-bond acceptors (Lipinski definition) is 3. The number of aryl methyl sites for hydroxylation is 1. The molecule has 1 aromatic carbocycles. The largest absolute Gasteiger partial charge is 0.308 e. The molecule has 0 radical (unpaired) electrons. The Bertz CT molecular complexity index is 444. The van der Waals surface area contributed by atoms with Crippen LogP contribution in [-0.2, 0) is 0 Å². The topological polar surface area (TPSA) is 55.2 Å². The normalized spacial score (nSPS) is 14.4. The summed E-state index contributed by atoms with van der Waals surface area (Å²) < 4.78 is 0. The first-order valence-corrected chi connectivity index (χ1v) is 6.82. The maximum Gasteiger partial charge on any atom is 0.272 e. The molecule has 0 heterocycles. The van der Waals surface area contributed by atoms with E-state index in [4.69, 9.17) is 0 Å². The molecule has 0 aliphatic carbocycles. The molecule has 0 bridgehead atoms. The van der Waals surface area contributed by atoms with E-state index >= 15 is 0 Å². The highest BCUT2D eigenvalue weighted by Crippen LogP contribution is 2.23. The second-order valence-electron chi connectivity index (χ2n) is 5.72. The lowest BCUT2D eigenvalue weighted by molar-refractivity contribution is -0.385. The molecule has 0 amide bonds. The Balaban J connectivity index is 2.80. The molecular formula is C15H24N2O2. The van der Waals surface area contributed by atoms with E-state index in [9.17, 15) is 10.1 Å². The predicted octanol–water partition coefficient (Wildman–Crippen LogP) is 3.99. The Hall–Kier alpha value is -1.42. The lowest BCUT2D eigenvalue weighted by Crippen LogP contribution is -2.30. The van der Waals surface area contributed by atoms with E-state index in [-0.39, 0.29) is 16.7 Å². The van der Waals surface area contributed by atoms with Crippen molar-refractivity contribution in [2.75, 3.05) is 0 Å². The van der Waals surface area contributed by atoms with Crippen molar-refractivity contribution in [3.8, 4) is 0 Å². The Morgan fingerprint density at radius 3 is 2.42 bits per heavy atom. The third-order valence-corrected chi connectivity index (χ3v) is 3.29. The van der Waals surface area contributed by atoms with Crippen LogP contribution in [0.15, 0.2) is 18.2 Å². The van der Waals surface area contributed by atoms with Crippen LogP contribution in [0, 0.1) is 23.0 Å². The fourth-order valence-electron chi connectivity index (χ4n) is 2.39. The number of nitro benzene ring substituents is 1. The van der Waals surface area contributed by atoms with Crippen LogP contribution < -0.4 is 5.32 Å². The Morgan fingerprint density at radius 1 is 1.26 bits per heavy atom. The number of rotatable bonds is 6. The average molecular weight is 264 g/mol. The quantitative estimate of drug-likeness (QED) is 0.624. The van der Waals surface area contributed by atoms with Gasteiger partial charge in [0.1, 0.15) is 0 Å². The van der Waals surface area contributed by atoms with Gasteiger partial charge < -0.3 is 5.32 Å². The molecule has 2 atom stereocenters. The summed E-state index contributed by atoms with van der Waals surface area (Å²) in [4.78, 5) is 10.6. The van der Waals surface area contributed by atoms with Crippen molar-refractivity contribution in [1.82, 2.24) is 5.32 Å². The number of nitro groups is 1. The molecule has 4 nitrogen and oxygen atoms in total. The van der Waals surface area contributed by atoms with Gasteiger partial charge in [-0.25, -0.2) is 0 Å². The first kappa shape index (κ1) is 15.6.